The molecule has 0 radical (unpaired) electrons. The third-order valence-electron chi connectivity index (χ3n) is 3.02. The van der Waals surface area contributed by atoms with Crippen molar-refractivity contribution >= 4 is 11.9 Å². The Hall–Kier alpha value is -1.36. The zero-order valence-corrected chi connectivity index (χ0v) is 10.3. The summed E-state index contributed by atoms with van der Waals surface area (Å²) in [5, 5.41) is 8.81. The van der Waals surface area contributed by atoms with Gasteiger partial charge in [0.15, 0.2) is 0 Å². The number of carboxylic acids is 1. The highest BCUT2D eigenvalue weighted by Crippen LogP contribution is 2.12. The molecule has 0 aromatic heterocycles. The minimum Gasteiger partial charge on any atom is -0.480 e. The number of nitrogens with zero attached hydrogens (tertiary/aromatic N) is 2. The van der Waals surface area contributed by atoms with Gasteiger partial charge in [-0.1, -0.05) is 6.08 Å². The number of rotatable bonds is 6. The fraction of sp³-hybridized carbons (Fsp3) is 0.667. The van der Waals surface area contributed by atoms with Crippen LogP contribution in [-0.2, 0) is 9.59 Å². The van der Waals surface area contributed by atoms with Crippen molar-refractivity contribution in [3.05, 3.63) is 12.7 Å². The molecule has 0 saturated carbocycles. The monoisotopic (exact) mass is 240 g/mol. The van der Waals surface area contributed by atoms with Crippen molar-refractivity contribution in [1.82, 2.24) is 9.80 Å². The summed E-state index contributed by atoms with van der Waals surface area (Å²) in [5.41, 5.74) is 0. The van der Waals surface area contributed by atoms with Crippen molar-refractivity contribution < 1.29 is 14.7 Å². The number of amides is 1. The average Bonchev–Trinajstić information content (AvgIpc) is 2.79. The highest BCUT2D eigenvalue weighted by Gasteiger charge is 2.28. The van der Waals surface area contributed by atoms with E-state index in [-0.39, 0.29) is 12.5 Å². The van der Waals surface area contributed by atoms with Crippen molar-refractivity contribution in [3.63, 3.8) is 0 Å². The number of hydrogen-bond donors (Lipinski definition) is 1. The van der Waals surface area contributed by atoms with Gasteiger partial charge in [0.1, 0.15) is 0 Å². The lowest BCUT2D eigenvalue weighted by Gasteiger charge is -2.28. The molecule has 0 aliphatic carbocycles. The van der Waals surface area contributed by atoms with Crippen LogP contribution in [0.15, 0.2) is 12.7 Å². The van der Waals surface area contributed by atoms with Crippen LogP contribution in [0.25, 0.3) is 0 Å². The summed E-state index contributed by atoms with van der Waals surface area (Å²) < 4.78 is 0. The Kier molecular flexibility index (Phi) is 5.15. The molecule has 1 N–H and O–H groups in total. The number of hydrogen-bond acceptors (Lipinski definition) is 3. The predicted molar refractivity (Wildman–Crippen MR) is 64.7 cm³/mol. The summed E-state index contributed by atoms with van der Waals surface area (Å²) in [6.07, 6.45) is 3.70. The summed E-state index contributed by atoms with van der Waals surface area (Å²) in [6, 6.07) is -0.401. The lowest BCUT2D eigenvalue weighted by atomic mass is 10.2. The molecule has 1 aliphatic heterocycles. The van der Waals surface area contributed by atoms with Crippen LogP contribution in [-0.4, -0.2) is 59.0 Å². The highest BCUT2D eigenvalue weighted by atomic mass is 16.4. The van der Waals surface area contributed by atoms with E-state index in [0.29, 0.717) is 6.54 Å². The first-order chi connectivity index (χ1) is 8.06. The lowest BCUT2D eigenvalue weighted by molar-refractivity contribution is -0.141. The summed E-state index contributed by atoms with van der Waals surface area (Å²) in [5.74, 6) is -0.904. The van der Waals surface area contributed by atoms with E-state index in [1.54, 1.807) is 17.9 Å². The summed E-state index contributed by atoms with van der Waals surface area (Å²) in [7, 11) is 0. The summed E-state index contributed by atoms with van der Waals surface area (Å²) in [6.45, 7) is 7.20. The molecule has 1 fully saturated rings. The van der Waals surface area contributed by atoms with Crippen LogP contribution in [0.5, 0.6) is 0 Å². The van der Waals surface area contributed by atoms with Gasteiger partial charge >= 0.3 is 5.97 Å². The third-order valence-corrected chi connectivity index (χ3v) is 3.02. The molecule has 1 unspecified atom stereocenters. The Morgan fingerprint density at radius 1 is 1.47 bits per heavy atom. The van der Waals surface area contributed by atoms with Gasteiger partial charge in [-0.25, -0.2) is 0 Å². The summed E-state index contributed by atoms with van der Waals surface area (Å²) >= 11 is 0. The van der Waals surface area contributed by atoms with Gasteiger partial charge in [0.05, 0.1) is 12.6 Å². The van der Waals surface area contributed by atoms with E-state index >= 15 is 0 Å². The first-order valence-electron chi connectivity index (χ1n) is 5.91. The molecule has 1 saturated heterocycles. The molecule has 1 atom stereocenters. The third kappa shape index (κ3) is 3.85. The molecule has 1 heterocycles. The Morgan fingerprint density at radius 2 is 2.06 bits per heavy atom. The largest absolute Gasteiger partial charge is 0.480 e. The molecule has 0 aromatic rings. The molecule has 0 bridgehead atoms. The predicted octanol–water partition coefficient (Wildman–Crippen LogP) is 0.570. The molecule has 0 spiro atoms. The van der Waals surface area contributed by atoms with E-state index in [9.17, 15) is 9.59 Å². The van der Waals surface area contributed by atoms with Gasteiger partial charge in [0, 0.05) is 19.6 Å². The Labute approximate surface area is 102 Å². The van der Waals surface area contributed by atoms with Crippen LogP contribution >= 0.6 is 0 Å². The van der Waals surface area contributed by atoms with Gasteiger partial charge < -0.3 is 10.0 Å². The molecule has 5 nitrogen and oxygen atoms in total. The second-order valence-corrected chi connectivity index (χ2v) is 4.32. The highest BCUT2D eigenvalue weighted by molar-refractivity contribution is 5.82. The van der Waals surface area contributed by atoms with Gasteiger partial charge in [0.25, 0.3) is 0 Å². The van der Waals surface area contributed by atoms with E-state index in [1.807, 2.05) is 4.90 Å². The maximum Gasteiger partial charge on any atom is 0.317 e. The number of carbonyl (C=O) groups is 2. The van der Waals surface area contributed by atoms with Gasteiger partial charge in [0.2, 0.25) is 5.91 Å². The molecule has 17 heavy (non-hydrogen) atoms. The van der Waals surface area contributed by atoms with Gasteiger partial charge in [-0.05, 0) is 19.8 Å². The maximum atomic E-state index is 12.1. The van der Waals surface area contributed by atoms with E-state index in [2.05, 4.69) is 6.58 Å². The Bertz CT molecular complexity index is 298. The molecule has 96 valence electrons. The van der Waals surface area contributed by atoms with Gasteiger partial charge in [-0.2, -0.15) is 0 Å². The minimum absolute atomic E-state index is 0.0191. The fourth-order valence-electron chi connectivity index (χ4n) is 2.06. The summed E-state index contributed by atoms with van der Waals surface area (Å²) in [4.78, 5) is 26.3. The van der Waals surface area contributed by atoms with Crippen molar-refractivity contribution in [3.8, 4) is 0 Å². The smallest absolute Gasteiger partial charge is 0.317 e. The molecule has 5 heteroatoms. The molecular formula is C12H20N2O3. The standard InChI is InChI=1S/C12H20N2O3/c1-3-6-14(9-11(15)16)10(2)12(17)13-7-4-5-8-13/h3,10H,1,4-9H2,2H3,(H,15,16). The van der Waals surface area contributed by atoms with E-state index in [0.717, 1.165) is 25.9 Å². The SMILES string of the molecule is C=CCN(CC(=O)O)C(C)C(=O)N1CCCC1. The number of likely N-dealkylation sites (tertiary alicyclic amines) is 1. The molecular weight excluding hydrogens is 220 g/mol. The van der Waals surface area contributed by atoms with Crippen LogP contribution in [0.1, 0.15) is 19.8 Å². The zero-order valence-electron chi connectivity index (χ0n) is 10.3. The number of aliphatic carboxylic acids is 1. The first-order valence-corrected chi connectivity index (χ1v) is 5.91. The molecule has 1 rings (SSSR count). The fourth-order valence-corrected chi connectivity index (χ4v) is 2.06. The topological polar surface area (TPSA) is 60.9 Å². The van der Waals surface area contributed by atoms with E-state index in [1.165, 1.54) is 0 Å². The maximum absolute atomic E-state index is 12.1. The van der Waals surface area contributed by atoms with Crippen LogP contribution in [0.2, 0.25) is 0 Å². The van der Waals surface area contributed by atoms with Crippen LogP contribution in [0.4, 0.5) is 0 Å². The second kappa shape index (κ2) is 6.39. The number of carboxylic acid groups (broad SMARTS) is 1. The van der Waals surface area contributed by atoms with Crippen molar-refractivity contribution in [2.75, 3.05) is 26.2 Å². The average molecular weight is 240 g/mol. The van der Waals surface area contributed by atoms with E-state index in [4.69, 9.17) is 5.11 Å². The molecule has 1 amide bonds. The zero-order chi connectivity index (χ0) is 12.8. The van der Waals surface area contributed by atoms with Crippen LogP contribution in [0, 0.1) is 0 Å². The molecule has 1 aliphatic rings. The first kappa shape index (κ1) is 13.7. The van der Waals surface area contributed by atoms with Gasteiger partial charge in [-0.15, -0.1) is 6.58 Å². The van der Waals surface area contributed by atoms with Crippen molar-refractivity contribution in [1.29, 1.82) is 0 Å². The Balaban J connectivity index is 2.61. The quantitative estimate of drug-likeness (QED) is 0.689. The van der Waals surface area contributed by atoms with E-state index < -0.39 is 12.0 Å². The van der Waals surface area contributed by atoms with Crippen molar-refractivity contribution in [2.45, 2.75) is 25.8 Å². The number of carbonyl (C=O) groups excluding carboxylic acids is 1. The van der Waals surface area contributed by atoms with Crippen molar-refractivity contribution in [2.24, 2.45) is 0 Å². The van der Waals surface area contributed by atoms with Crippen LogP contribution in [0.3, 0.4) is 0 Å². The minimum atomic E-state index is -0.923. The normalized spacial score (nSPS) is 17.2. The molecule has 0 aromatic carbocycles. The van der Waals surface area contributed by atoms with Gasteiger partial charge in [-0.3, -0.25) is 14.5 Å². The van der Waals surface area contributed by atoms with Crippen LogP contribution < -0.4 is 0 Å². The Morgan fingerprint density at radius 3 is 2.53 bits per heavy atom. The lowest BCUT2D eigenvalue weighted by Crippen LogP contribution is -2.48. The second-order valence-electron chi connectivity index (χ2n) is 4.32.